The van der Waals surface area contributed by atoms with Gasteiger partial charge in [-0.25, -0.2) is 0 Å². The maximum absolute atomic E-state index is 12.1. The van der Waals surface area contributed by atoms with Gasteiger partial charge >= 0.3 is 0 Å². The van der Waals surface area contributed by atoms with Crippen LogP contribution in [0.4, 0.5) is 0 Å². The van der Waals surface area contributed by atoms with Gasteiger partial charge in [0.05, 0.1) is 11.6 Å². The molecule has 0 saturated carbocycles. The zero-order valence-corrected chi connectivity index (χ0v) is 11.8. The summed E-state index contributed by atoms with van der Waals surface area (Å²) in [6, 6.07) is 1.83. The van der Waals surface area contributed by atoms with Gasteiger partial charge in [-0.2, -0.15) is 0 Å². The second-order valence-corrected chi connectivity index (χ2v) is 5.22. The Balaban J connectivity index is 2.06. The van der Waals surface area contributed by atoms with E-state index in [9.17, 15) is 4.79 Å². The van der Waals surface area contributed by atoms with Crippen LogP contribution in [-0.4, -0.2) is 26.3 Å². The first kappa shape index (κ1) is 13.1. The van der Waals surface area contributed by atoms with Crippen molar-refractivity contribution in [3.05, 3.63) is 34.0 Å². The Kier molecular flexibility index (Phi) is 3.40. The largest absolute Gasteiger partial charge is 0.364 e. The molecule has 106 valence electrons. The molecule has 2 N–H and O–H groups in total. The number of hydrogen-bond acceptors (Lipinski definition) is 4. The van der Waals surface area contributed by atoms with Gasteiger partial charge in [0.15, 0.2) is 17.1 Å². The number of aromatic amines is 1. The first-order valence-corrected chi connectivity index (χ1v) is 7.07. The number of fused-ring (bicyclic) bond motifs is 1. The van der Waals surface area contributed by atoms with Crippen molar-refractivity contribution < 1.29 is 0 Å². The highest BCUT2D eigenvalue weighted by atomic mass is 16.1. The van der Waals surface area contributed by atoms with Gasteiger partial charge in [-0.3, -0.25) is 4.79 Å². The molecule has 0 saturated heterocycles. The minimum atomic E-state index is -0.0120. The highest BCUT2D eigenvalue weighted by molar-refractivity contribution is 5.54. The van der Waals surface area contributed by atoms with E-state index >= 15 is 0 Å². The van der Waals surface area contributed by atoms with E-state index in [4.69, 9.17) is 0 Å². The van der Waals surface area contributed by atoms with Crippen molar-refractivity contribution in [2.24, 2.45) is 0 Å². The van der Waals surface area contributed by atoms with Gasteiger partial charge in [-0.05, 0) is 13.3 Å². The van der Waals surface area contributed by atoms with E-state index in [0.717, 1.165) is 37.4 Å². The SMILES string of the molecule is CCCC1NCCn2c(-c3c[nH]c(C)cc3=O)nnc21. The van der Waals surface area contributed by atoms with Crippen LogP contribution in [0.15, 0.2) is 17.1 Å². The number of aromatic nitrogens is 4. The van der Waals surface area contributed by atoms with Gasteiger partial charge in [0.1, 0.15) is 0 Å². The zero-order valence-electron chi connectivity index (χ0n) is 11.8. The van der Waals surface area contributed by atoms with Crippen LogP contribution >= 0.6 is 0 Å². The van der Waals surface area contributed by atoms with Gasteiger partial charge in [0.25, 0.3) is 0 Å². The molecule has 0 spiro atoms. The fraction of sp³-hybridized carbons (Fsp3) is 0.500. The van der Waals surface area contributed by atoms with E-state index in [0.29, 0.717) is 11.4 Å². The second-order valence-electron chi connectivity index (χ2n) is 5.22. The van der Waals surface area contributed by atoms with Crippen LogP contribution in [0.3, 0.4) is 0 Å². The average Bonchev–Trinajstić information content (AvgIpc) is 2.84. The fourth-order valence-electron chi connectivity index (χ4n) is 2.70. The summed E-state index contributed by atoms with van der Waals surface area (Å²) >= 11 is 0. The highest BCUT2D eigenvalue weighted by Gasteiger charge is 2.25. The quantitative estimate of drug-likeness (QED) is 0.886. The van der Waals surface area contributed by atoms with Crippen LogP contribution in [0.2, 0.25) is 0 Å². The minimum Gasteiger partial charge on any atom is -0.364 e. The van der Waals surface area contributed by atoms with E-state index in [2.05, 4.69) is 32.0 Å². The van der Waals surface area contributed by atoms with Crippen LogP contribution in [-0.2, 0) is 6.54 Å². The second kappa shape index (κ2) is 5.20. The van der Waals surface area contributed by atoms with Crippen LogP contribution < -0.4 is 10.7 Å². The summed E-state index contributed by atoms with van der Waals surface area (Å²) in [5, 5.41) is 12.0. The molecule has 0 amide bonds. The normalized spacial score (nSPS) is 18.0. The van der Waals surface area contributed by atoms with Crippen molar-refractivity contribution >= 4 is 0 Å². The predicted molar refractivity (Wildman–Crippen MR) is 76.5 cm³/mol. The monoisotopic (exact) mass is 273 g/mol. The van der Waals surface area contributed by atoms with Crippen molar-refractivity contribution in [2.45, 2.75) is 39.3 Å². The average molecular weight is 273 g/mol. The third-order valence-electron chi connectivity index (χ3n) is 3.69. The molecule has 2 aromatic rings. The van der Waals surface area contributed by atoms with Gasteiger partial charge in [-0.1, -0.05) is 13.3 Å². The van der Waals surface area contributed by atoms with Crippen LogP contribution in [0.1, 0.15) is 37.3 Å². The summed E-state index contributed by atoms with van der Waals surface area (Å²) in [7, 11) is 0. The lowest BCUT2D eigenvalue weighted by Gasteiger charge is -2.24. The zero-order chi connectivity index (χ0) is 14.1. The molecule has 1 aliphatic rings. The molecular formula is C14H19N5O. The molecule has 1 aliphatic heterocycles. The fourth-order valence-corrected chi connectivity index (χ4v) is 2.70. The van der Waals surface area contributed by atoms with Crippen molar-refractivity contribution in [1.29, 1.82) is 0 Å². The lowest BCUT2D eigenvalue weighted by atomic mass is 10.1. The number of nitrogens with zero attached hydrogens (tertiary/aromatic N) is 3. The van der Waals surface area contributed by atoms with E-state index in [1.807, 2.05) is 6.92 Å². The predicted octanol–water partition coefficient (Wildman–Crippen LogP) is 1.39. The maximum atomic E-state index is 12.1. The number of hydrogen-bond donors (Lipinski definition) is 2. The molecular weight excluding hydrogens is 254 g/mol. The smallest absolute Gasteiger partial charge is 0.192 e. The van der Waals surface area contributed by atoms with Crippen molar-refractivity contribution in [1.82, 2.24) is 25.1 Å². The van der Waals surface area contributed by atoms with Crippen molar-refractivity contribution in [2.75, 3.05) is 6.54 Å². The number of pyridine rings is 1. The Labute approximate surface area is 117 Å². The summed E-state index contributed by atoms with van der Waals surface area (Å²) in [4.78, 5) is 15.2. The molecule has 1 atom stereocenters. The van der Waals surface area contributed by atoms with E-state index in [-0.39, 0.29) is 11.5 Å². The lowest BCUT2D eigenvalue weighted by Crippen LogP contribution is -2.34. The Morgan fingerprint density at radius 3 is 3.05 bits per heavy atom. The third-order valence-corrected chi connectivity index (χ3v) is 3.69. The van der Waals surface area contributed by atoms with Gasteiger partial charge in [0.2, 0.25) is 0 Å². The molecule has 0 bridgehead atoms. The third kappa shape index (κ3) is 2.16. The first-order valence-electron chi connectivity index (χ1n) is 7.07. The molecule has 0 aromatic carbocycles. The first-order chi connectivity index (χ1) is 9.70. The Morgan fingerprint density at radius 2 is 2.30 bits per heavy atom. The molecule has 20 heavy (non-hydrogen) atoms. The Morgan fingerprint density at radius 1 is 1.45 bits per heavy atom. The summed E-state index contributed by atoms with van der Waals surface area (Å²) in [6.07, 6.45) is 3.85. The molecule has 0 fully saturated rings. The van der Waals surface area contributed by atoms with Crippen molar-refractivity contribution in [3.8, 4) is 11.4 Å². The molecule has 0 aliphatic carbocycles. The number of nitrogens with one attached hydrogen (secondary N) is 2. The lowest BCUT2D eigenvalue weighted by molar-refractivity contribution is 0.394. The topological polar surface area (TPSA) is 75.6 Å². The molecule has 6 nitrogen and oxygen atoms in total. The van der Waals surface area contributed by atoms with Crippen LogP contribution in [0, 0.1) is 6.92 Å². The van der Waals surface area contributed by atoms with Crippen LogP contribution in [0.25, 0.3) is 11.4 Å². The van der Waals surface area contributed by atoms with Gasteiger partial charge in [-0.15, -0.1) is 10.2 Å². The van der Waals surface area contributed by atoms with E-state index in [1.165, 1.54) is 0 Å². The summed E-state index contributed by atoms with van der Waals surface area (Å²) in [6.45, 7) is 5.70. The van der Waals surface area contributed by atoms with Crippen molar-refractivity contribution in [3.63, 3.8) is 0 Å². The standard InChI is InChI=1S/C14H19N5O/c1-3-4-11-14-18-17-13(19(14)6-5-15-11)10-8-16-9(2)7-12(10)20/h7-8,11,15H,3-6H2,1-2H3,(H,16,20). The summed E-state index contributed by atoms with van der Waals surface area (Å²) < 4.78 is 2.07. The molecule has 3 rings (SSSR count). The number of rotatable bonds is 3. The summed E-state index contributed by atoms with van der Waals surface area (Å²) in [5.74, 6) is 1.61. The number of aryl methyl sites for hydroxylation is 1. The highest BCUT2D eigenvalue weighted by Crippen LogP contribution is 2.24. The van der Waals surface area contributed by atoms with E-state index < -0.39 is 0 Å². The van der Waals surface area contributed by atoms with Gasteiger partial charge < -0.3 is 14.9 Å². The van der Waals surface area contributed by atoms with Gasteiger partial charge in [0, 0.05) is 31.0 Å². The minimum absolute atomic E-state index is 0.0120. The Bertz CT molecular complexity index is 672. The maximum Gasteiger partial charge on any atom is 0.192 e. The molecule has 3 heterocycles. The number of H-pyrrole nitrogens is 1. The molecule has 6 heteroatoms. The molecule has 1 unspecified atom stereocenters. The Hall–Kier alpha value is -1.95. The molecule has 0 radical (unpaired) electrons. The van der Waals surface area contributed by atoms with Crippen LogP contribution in [0.5, 0.6) is 0 Å². The molecule has 2 aromatic heterocycles. The van der Waals surface area contributed by atoms with E-state index in [1.54, 1.807) is 12.3 Å². The summed E-state index contributed by atoms with van der Waals surface area (Å²) in [5.41, 5.74) is 1.43.